The highest BCUT2D eigenvalue weighted by molar-refractivity contribution is 7.09. The van der Waals surface area contributed by atoms with Crippen molar-refractivity contribution >= 4 is 11.3 Å². The number of rotatable bonds is 3. The largest absolute Gasteiger partial charge is 0.323 e. The number of nitrogens with one attached hydrogen (secondary N) is 1. The van der Waals surface area contributed by atoms with Crippen molar-refractivity contribution in [3.63, 3.8) is 0 Å². The van der Waals surface area contributed by atoms with Gasteiger partial charge in [-0.2, -0.15) is 5.26 Å². The van der Waals surface area contributed by atoms with Crippen molar-refractivity contribution in [2.24, 2.45) is 0 Å². The van der Waals surface area contributed by atoms with E-state index in [4.69, 9.17) is 5.26 Å². The van der Waals surface area contributed by atoms with Crippen LogP contribution in [0.3, 0.4) is 0 Å². The van der Waals surface area contributed by atoms with Crippen LogP contribution >= 0.6 is 11.3 Å². The van der Waals surface area contributed by atoms with Crippen molar-refractivity contribution in [2.45, 2.75) is 12.8 Å². The average Bonchev–Trinajstić information content (AvgIpc) is 2.52. The lowest BCUT2D eigenvalue weighted by Crippen LogP contribution is -2.13. The molecule has 0 amide bonds. The molecule has 0 saturated carbocycles. The van der Waals surface area contributed by atoms with Crippen LogP contribution in [0.1, 0.15) is 17.8 Å². The molecule has 0 spiro atoms. The summed E-state index contributed by atoms with van der Waals surface area (Å²) in [4.78, 5) is 4.14. The van der Waals surface area contributed by atoms with Gasteiger partial charge in [-0.05, 0) is 0 Å². The molecular weight excluding hydrogens is 158 g/mol. The molecule has 11 heavy (non-hydrogen) atoms. The molecule has 1 N–H and O–H groups in total. The summed E-state index contributed by atoms with van der Waals surface area (Å²) in [6, 6.07) is 0. The Morgan fingerprint density at radius 1 is 1.91 bits per heavy atom. The van der Waals surface area contributed by atoms with E-state index in [0.29, 0.717) is 12.5 Å². The highest BCUT2D eigenvalue weighted by Crippen LogP contribution is 2.15. The summed E-state index contributed by atoms with van der Waals surface area (Å²) in [5, 5.41) is 13.9. The first kappa shape index (κ1) is 8.02. The van der Waals surface area contributed by atoms with Crippen LogP contribution in [0.5, 0.6) is 0 Å². The van der Waals surface area contributed by atoms with Gasteiger partial charge in [0.1, 0.15) is 0 Å². The van der Waals surface area contributed by atoms with Crippen molar-refractivity contribution in [1.29, 1.82) is 5.26 Å². The van der Waals surface area contributed by atoms with Crippen molar-refractivity contribution in [3.8, 4) is 6.19 Å². The van der Waals surface area contributed by atoms with E-state index in [1.807, 2.05) is 18.5 Å². The molecule has 1 rings (SSSR count). The monoisotopic (exact) mass is 167 g/mol. The molecule has 0 radical (unpaired) electrons. The molecule has 58 valence electrons. The van der Waals surface area contributed by atoms with Gasteiger partial charge in [0.05, 0.1) is 5.01 Å². The fourth-order valence-electron chi connectivity index (χ4n) is 0.764. The summed E-state index contributed by atoms with van der Waals surface area (Å²) < 4.78 is 0. The maximum atomic E-state index is 8.23. The molecule has 0 aliphatic heterocycles. The summed E-state index contributed by atoms with van der Waals surface area (Å²) in [6.45, 7) is 2.72. The van der Waals surface area contributed by atoms with Gasteiger partial charge < -0.3 is 5.32 Å². The lowest BCUT2D eigenvalue weighted by atomic mass is 10.2. The van der Waals surface area contributed by atoms with E-state index in [-0.39, 0.29) is 0 Å². The second kappa shape index (κ2) is 3.94. The minimum atomic E-state index is 0.328. The van der Waals surface area contributed by atoms with E-state index in [2.05, 4.69) is 10.3 Å². The number of hydrogen-bond donors (Lipinski definition) is 1. The third-order valence-corrected chi connectivity index (χ3v) is 2.37. The fraction of sp³-hybridized carbons (Fsp3) is 0.429. The van der Waals surface area contributed by atoms with Gasteiger partial charge in [0, 0.05) is 24.0 Å². The molecule has 1 atom stereocenters. The summed E-state index contributed by atoms with van der Waals surface area (Å²) in [5.74, 6) is 0.328. The molecular formula is C7H9N3S. The number of nitrogens with zero attached hydrogens (tertiary/aromatic N) is 2. The van der Waals surface area contributed by atoms with Crippen molar-refractivity contribution in [2.75, 3.05) is 6.54 Å². The molecule has 0 aromatic carbocycles. The second-order valence-electron chi connectivity index (χ2n) is 2.26. The second-order valence-corrected chi connectivity index (χ2v) is 3.19. The maximum Gasteiger partial charge on any atom is 0.176 e. The number of thiazole rings is 1. The average molecular weight is 167 g/mol. The lowest BCUT2D eigenvalue weighted by molar-refractivity contribution is 0.703. The van der Waals surface area contributed by atoms with Crippen LogP contribution in [0.4, 0.5) is 0 Å². The highest BCUT2D eigenvalue weighted by Gasteiger charge is 2.05. The molecule has 0 aliphatic carbocycles. The van der Waals surface area contributed by atoms with Gasteiger partial charge in [-0.25, -0.2) is 4.98 Å². The predicted octanol–water partition coefficient (Wildman–Crippen LogP) is 1.32. The number of nitriles is 1. The van der Waals surface area contributed by atoms with E-state index < -0.39 is 0 Å². The maximum absolute atomic E-state index is 8.23. The lowest BCUT2D eigenvalue weighted by Gasteiger charge is -2.04. The van der Waals surface area contributed by atoms with Crippen LogP contribution in [-0.4, -0.2) is 11.5 Å². The van der Waals surface area contributed by atoms with Crippen LogP contribution in [0.25, 0.3) is 0 Å². The summed E-state index contributed by atoms with van der Waals surface area (Å²) in [6.07, 6.45) is 3.67. The van der Waals surface area contributed by atoms with E-state index >= 15 is 0 Å². The predicted molar refractivity (Wildman–Crippen MR) is 44.1 cm³/mol. The normalized spacial score (nSPS) is 12.0. The van der Waals surface area contributed by atoms with E-state index in [1.165, 1.54) is 0 Å². The Bertz CT molecular complexity index is 237. The first-order valence-electron chi connectivity index (χ1n) is 3.36. The Morgan fingerprint density at radius 3 is 3.27 bits per heavy atom. The van der Waals surface area contributed by atoms with Gasteiger partial charge >= 0.3 is 0 Å². The molecule has 0 fully saturated rings. The molecule has 3 nitrogen and oxygen atoms in total. The zero-order valence-corrected chi connectivity index (χ0v) is 7.06. The van der Waals surface area contributed by atoms with Crippen molar-refractivity contribution in [1.82, 2.24) is 10.3 Å². The molecule has 0 aliphatic rings. The molecule has 0 bridgehead atoms. The van der Waals surface area contributed by atoms with Gasteiger partial charge in [-0.3, -0.25) is 0 Å². The van der Waals surface area contributed by atoms with Crippen LogP contribution in [0.15, 0.2) is 11.6 Å². The summed E-state index contributed by atoms with van der Waals surface area (Å²) in [7, 11) is 0. The third-order valence-electron chi connectivity index (χ3n) is 1.36. The van der Waals surface area contributed by atoms with Gasteiger partial charge in [0.25, 0.3) is 0 Å². The van der Waals surface area contributed by atoms with Crippen LogP contribution in [0.2, 0.25) is 0 Å². The topological polar surface area (TPSA) is 48.7 Å². The van der Waals surface area contributed by atoms with Gasteiger partial charge in [-0.1, -0.05) is 6.92 Å². The van der Waals surface area contributed by atoms with E-state index in [9.17, 15) is 0 Å². The quantitative estimate of drug-likeness (QED) is 0.545. The zero-order valence-electron chi connectivity index (χ0n) is 6.24. The summed E-state index contributed by atoms with van der Waals surface area (Å²) in [5.41, 5.74) is 0. The Balaban J connectivity index is 2.44. The fourth-order valence-corrected chi connectivity index (χ4v) is 1.46. The molecule has 1 heterocycles. The first-order valence-corrected chi connectivity index (χ1v) is 4.24. The Kier molecular flexibility index (Phi) is 2.87. The van der Waals surface area contributed by atoms with Crippen molar-refractivity contribution in [3.05, 3.63) is 16.6 Å². The van der Waals surface area contributed by atoms with E-state index in [0.717, 1.165) is 5.01 Å². The minimum Gasteiger partial charge on any atom is -0.323 e. The highest BCUT2D eigenvalue weighted by atomic mass is 32.1. The Hall–Kier alpha value is -1.08. The van der Waals surface area contributed by atoms with E-state index in [1.54, 1.807) is 17.5 Å². The third kappa shape index (κ3) is 2.20. The minimum absolute atomic E-state index is 0.328. The van der Waals surface area contributed by atoms with Crippen LogP contribution in [-0.2, 0) is 0 Å². The van der Waals surface area contributed by atoms with Crippen molar-refractivity contribution < 1.29 is 0 Å². The SMILES string of the molecule is CC(CNC#N)c1nccs1. The molecule has 4 heteroatoms. The smallest absolute Gasteiger partial charge is 0.176 e. The van der Waals surface area contributed by atoms with Gasteiger partial charge in [0.2, 0.25) is 0 Å². The van der Waals surface area contributed by atoms with Gasteiger partial charge in [0.15, 0.2) is 6.19 Å². The Morgan fingerprint density at radius 2 is 2.73 bits per heavy atom. The molecule has 0 saturated heterocycles. The molecule has 1 unspecified atom stereocenters. The van der Waals surface area contributed by atoms with Gasteiger partial charge in [-0.15, -0.1) is 11.3 Å². The molecule has 1 aromatic heterocycles. The zero-order chi connectivity index (χ0) is 8.10. The van der Waals surface area contributed by atoms with Crippen LogP contribution in [0, 0.1) is 11.5 Å². The number of aromatic nitrogens is 1. The number of hydrogen-bond acceptors (Lipinski definition) is 4. The first-order chi connectivity index (χ1) is 5.34. The summed E-state index contributed by atoms with van der Waals surface area (Å²) >= 11 is 1.62. The molecule has 1 aromatic rings. The Labute approximate surface area is 69.7 Å². The van der Waals surface area contributed by atoms with Crippen LogP contribution < -0.4 is 5.32 Å². The standard InChI is InChI=1S/C7H9N3S/c1-6(4-9-5-8)7-10-2-3-11-7/h2-3,6,9H,4H2,1H3.